The predicted octanol–water partition coefficient (Wildman–Crippen LogP) is -2.92. The third-order valence-corrected chi connectivity index (χ3v) is 6.60. The van der Waals surface area contributed by atoms with Crippen molar-refractivity contribution in [1.29, 1.82) is 0 Å². The first-order valence-electron chi connectivity index (χ1n) is 10.2. The van der Waals surface area contributed by atoms with Gasteiger partial charge in [0, 0.05) is 11.3 Å². The fraction of sp³-hybridized carbons (Fsp3) is 0.348. The van der Waals surface area contributed by atoms with Gasteiger partial charge in [0.1, 0.15) is 5.52 Å². The van der Waals surface area contributed by atoms with E-state index in [0.717, 1.165) is 34.0 Å². The molecule has 1 fully saturated rings. The summed E-state index contributed by atoms with van der Waals surface area (Å²) in [5.41, 5.74) is 3.36. The van der Waals surface area contributed by atoms with Crippen LogP contribution in [0.3, 0.4) is 0 Å². The molecular weight excluding hydrogens is 405 g/mol. The molecule has 2 aromatic heterocycles. The van der Waals surface area contributed by atoms with Gasteiger partial charge in [-0.05, 0) is 48.7 Å². The molecule has 0 unspecified atom stereocenters. The molecule has 5 rings (SSSR count). The van der Waals surface area contributed by atoms with Crippen LogP contribution in [0.2, 0.25) is 0 Å². The number of carbonyl (C=O) groups is 2. The monoisotopic (exact) mass is 427 g/mol. The van der Waals surface area contributed by atoms with Crippen LogP contribution in [0.4, 0.5) is 0 Å². The number of aliphatic carboxylic acids is 1. The van der Waals surface area contributed by atoms with Crippen molar-refractivity contribution in [2.24, 2.45) is 13.0 Å². The number of aryl methyl sites for hydroxylation is 2. The molecule has 1 aromatic carbocycles. The molecule has 2 aliphatic rings. The van der Waals surface area contributed by atoms with E-state index in [0.29, 0.717) is 12.0 Å². The Morgan fingerprint density at radius 3 is 2.68 bits per heavy atom. The van der Waals surface area contributed by atoms with E-state index in [1.165, 1.54) is 11.8 Å². The number of nitrogens with zero attached hydrogens (tertiary/aromatic N) is 3. The van der Waals surface area contributed by atoms with Gasteiger partial charge in [-0.15, -0.1) is 6.10 Å². The number of pyridine rings is 1. The Balaban J connectivity index is 0.00000231. The smallest absolute Gasteiger partial charge is 0.852 e. The van der Waals surface area contributed by atoms with Gasteiger partial charge in [0.05, 0.1) is 42.9 Å². The fourth-order valence-corrected chi connectivity index (χ4v) is 5.23. The van der Waals surface area contributed by atoms with Crippen LogP contribution in [0.15, 0.2) is 42.2 Å². The van der Waals surface area contributed by atoms with Gasteiger partial charge in [0.15, 0.2) is 0 Å². The topological polar surface area (TPSA) is 92.3 Å². The van der Waals surface area contributed by atoms with Crippen LogP contribution in [0.5, 0.6) is 0 Å². The van der Waals surface area contributed by atoms with Crippen LogP contribution in [0.25, 0.3) is 27.5 Å². The second-order valence-electron chi connectivity index (χ2n) is 8.15. The van der Waals surface area contributed by atoms with Crippen LogP contribution in [-0.4, -0.2) is 33.5 Å². The Morgan fingerprint density at radius 2 is 2.03 bits per heavy atom. The Labute approximate surface area is 201 Å². The van der Waals surface area contributed by atoms with Crippen molar-refractivity contribution in [1.82, 2.24) is 9.47 Å². The minimum atomic E-state index is -1.38. The van der Waals surface area contributed by atoms with E-state index in [4.69, 9.17) is 0 Å². The molecule has 0 aliphatic carbocycles. The van der Waals surface area contributed by atoms with Crippen LogP contribution >= 0.6 is 0 Å². The first-order valence-corrected chi connectivity index (χ1v) is 10.2. The van der Waals surface area contributed by atoms with Crippen LogP contribution in [0.1, 0.15) is 25.8 Å². The number of β-lactam (4-membered cyclic amide) rings is 1. The number of hydrogen-bond donors (Lipinski definition) is 0. The maximum atomic E-state index is 12.4. The molecule has 31 heavy (non-hydrogen) atoms. The third kappa shape index (κ3) is 2.98. The summed E-state index contributed by atoms with van der Waals surface area (Å²) in [5, 5.41) is 25.9. The zero-order valence-electron chi connectivity index (χ0n) is 18.1. The Morgan fingerprint density at radius 1 is 1.29 bits per heavy atom. The molecule has 2 aliphatic heterocycles. The molecule has 4 heterocycles. The summed E-state index contributed by atoms with van der Waals surface area (Å²) in [4.78, 5) is 25.6. The van der Waals surface area contributed by atoms with Crippen LogP contribution < -0.4 is 44.3 Å². The number of benzene rings is 1. The number of carbonyl (C=O) groups excluding carboxylic acids is 2. The van der Waals surface area contributed by atoms with E-state index in [1.807, 2.05) is 37.5 Å². The van der Waals surface area contributed by atoms with E-state index < -0.39 is 29.9 Å². The minimum Gasteiger partial charge on any atom is -0.852 e. The maximum Gasteiger partial charge on any atom is 1.00 e. The summed E-state index contributed by atoms with van der Waals surface area (Å²) < 4.78 is 4.30. The molecule has 3 aromatic rings. The molecular formula is C23H22N3NaO4. The third-order valence-electron chi connectivity index (χ3n) is 6.60. The van der Waals surface area contributed by atoms with Crippen molar-refractivity contribution in [2.45, 2.75) is 39.0 Å². The van der Waals surface area contributed by atoms with E-state index in [9.17, 15) is 19.8 Å². The van der Waals surface area contributed by atoms with Gasteiger partial charge in [-0.1, -0.05) is 13.0 Å². The van der Waals surface area contributed by atoms with Gasteiger partial charge < -0.3 is 19.9 Å². The summed E-state index contributed by atoms with van der Waals surface area (Å²) in [5.74, 6) is -2.46. The first kappa shape index (κ1) is 22.0. The Kier molecular flexibility index (Phi) is 5.50. The van der Waals surface area contributed by atoms with Crippen molar-refractivity contribution in [3.05, 3.63) is 47.8 Å². The second-order valence-corrected chi connectivity index (χ2v) is 8.15. The quantitative estimate of drug-likeness (QED) is 0.254. The van der Waals surface area contributed by atoms with Gasteiger partial charge in [-0.2, -0.15) is 0 Å². The van der Waals surface area contributed by atoms with Crippen molar-refractivity contribution >= 4 is 39.4 Å². The number of fused-ring (bicyclic) bond motifs is 4. The molecule has 7 nitrogen and oxygen atoms in total. The first-order chi connectivity index (χ1) is 14.3. The largest absolute Gasteiger partial charge is 1.00 e. The van der Waals surface area contributed by atoms with Crippen LogP contribution in [0, 0.1) is 5.92 Å². The average molecular weight is 427 g/mol. The SMILES string of the molecule is CC[n+]1cccc2c3cc(C4=C(C(=O)[O-])N5C(=O)[C@H]([C@@H](C)[O-])[C@H]5C4)ccc3n(C)c21.[Na+]. The van der Waals surface area contributed by atoms with Crippen LogP contribution in [-0.2, 0) is 23.2 Å². The van der Waals surface area contributed by atoms with Crippen molar-refractivity contribution in [2.75, 3.05) is 0 Å². The Bertz CT molecular complexity index is 1280. The van der Waals surface area contributed by atoms with E-state index in [-0.39, 0.29) is 35.3 Å². The van der Waals surface area contributed by atoms with Gasteiger partial charge in [0.2, 0.25) is 5.91 Å². The molecule has 0 saturated carbocycles. The molecule has 1 saturated heterocycles. The van der Waals surface area contributed by atoms with Gasteiger partial charge in [-0.25, -0.2) is 9.13 Å². The number of carboxylic acid groups (broad SMARTS) is 1. The molecule has 0 radical (unpaired) electrons. The second kappa shape index (κ2) is 7.74. The van der Waals surface area contributed by atoms with Gasteiger partial charge in [0.25, 0.3) is 5.65 Å². The number of hydrogen-bond acceptors (Lipinski definition) is 4. The summed E-state index contributed by atoms with van der Waals surface area (Å²) in [6.07, 6.45) is 1.33. The molecule has 8 heteroatoms. The standard InChI is InChI=1S/C23H23N3O4.Na/c1-4-25-9-5-6-14-16-10-13(7-8-17(16)24(3)21(14)25)15-11-18-19(12(2)27)22(28)26(18)20(15)23(29)30;/h5-10,12,18-19H,4,11H2,1-3H3,(H,29,30);/q;+1/p-1/t12-,18-,19-;/m1./s1. The summed E-state index contributed by atoms with van der Waals surface area (Å²) >= 11 is 0. The van der Waals surface area contributed by atoms with Crippen molar-refractivity contribution < 1.29 is 53.9 Å². The van der Waals surface area contributed by atoms with E-state index in [2.05, 4.69) is 22.1 Å². The molecule has 154 valence electrons. The summed E-state index contributed by atoms with van der Waals surface area (Å²) in [6.45, 7) is 4.39. The van der Waals surface area contributed by atoms with E-state index >= 15 is 0 Å². The van der Waals surface area contributed by atoms with Crippen molar-refractivity contribution in [3.63, 3.8) is 0 Å². The van der Waals surface area contributed by atoms with E-state index in [1.54, 1.807) is 0 Å². The number of amides is 1. The molecule has 3 atom stereocenters. The van der Waals surface area contributed by atoms with Gasteiger partial charge in [-0.3, -0.25) is 4.79 Å². The number of rotatable bonds is 4. The number of aromatic nitrogens is 2. The zero-order valence-corrected chi connectivity index (χ0v) is 20.1. The molecule has 0 spiro atoms. The maximum absolute atomic E-state index is 12.4. The van der Waals surface area contributed by atoms with Gasteiger partial charge >= 0.3 is 29.6 Å². The summed E-state index contributed by atoms with van der Waals surface area (Å²) in [6, 6.07) is 9.53. The fourth-order valence-electron chi connectivity index (χ4n) is 5.23. The van der Waals surface area contributed by atoms with Crippen molar-refractivity contribution in [3.8, 4) is 0 Å². The summed E-state index contributed by atoms with van der Waals surface area (Å²) in [7, 11) is 2.02. The molecule has 1 amide bonds. The zero-order chi connectivity index (χ0) is 21.3. The predicted molar refractivity (Wildman–Crippen MR) is 106 cm³/mol. The minimum absolute atomic E-state index is 0. The average Bonchev–Trinajstić information content (AvgIpc) is 3.21. The molecule has 0 N–H and O–H groups in total. The number of carboxylic acids is 1. The normalized spacial score (nSPS) is 21.3. The Hall–Kier alpha value is -2.19. The molecule has 0 bridgehead atoms.